The Balaban J connectivity index is 2.59. The molecule has 1 aliphatic carbocycles. The van der Waals surface area contributed by atoms with E-state index in [-0.39, 0.29) is 0 Å². The van der Waals surface area contributed by atoms with Gasteiger partial charge in [-0.2, -0.15) is 0 Å². The summed E-state index contributed by atoms with van der Waals surface area (Å²) in [6.45, 7) is 4.23. The summed E-state index contributed by atoms with van der Waals surface area (Å²) in [6, 6.07) is 8.65. The molecule has 0 aromatic heterocycles. The fourth-order valence-corrected chi connectivity index (χ4v) is 2.01. The number of allylic oxidation sites excluding steroid dienone is 4. The number of hydrogen-bond acceptors (Lipinski definition) is 0. The summed E-state index contributed by atoms with van der Waals surface area (Å²) in [7, 11) is 0. The van der Waals surface area contributed by atoms with Crippen LogP contribution in [0.25, 0.3) is 5.57 Å². The maximum atomic E-state index is 2.22. The van der Waals surface area contributed by atoms with Crippen LogP contribution >= 0.6 is 0 Å². The lowest BCUT2D eigenvalue weighted by atomic mass is 10.1. The molecule has 0 fully saturated rings. The van der Waals surface area contributed by atoms with Gasteiger partial charge in [0.25, 0.3) is 0 Å². The lowest BCUT2D eigenvalue weighted by Gasteiger charge is -1.99. The standard InChI is InChI=1S/C13H14/c1-3-10-9-11-7-5-6-8-13(11)12(10)4-2/h3-8H,9H2,1-2H3/b10-3?,12-4-. The number of rotatable bonds is 0. The van der Waals surface area contributed by atoms with Gasteiger partial charge in [-0.1, -0.05) is 36.4 Å². The minimum atomic E-state index is 1.10. The van der Waals surface area contributed by atoms with Crippen molar-refractivity contribution < 1.29 is 0 Å². The van der Waals surface area contributed by atoms with Crippen LogP contribution in [0.5, 0.6) is 0 Å². The van der Waals surface area contributed by atoms with Crippen LogP contribution in [0.2, 0.25) is 0 Å². The zero-order chi connectivity index (χ0) is 9.26. The molecule has 0 N–H and O–H groups in total. The van der Waals surface area contributed by atoms with Gasteiger partial charge in [0.1, 0.15) is 0 Å². The molecule has 0 spiro atoms. The molecule has 0 saturated carbocycles. The molecule has 0 heteroatoms. The molecule has 66 valence electrons. The first-order valence-electron chi connectivity index (χ1n) is 4.77. The maximum absolute atomic E-state index is 2.22. The highest BCUT2D eigenvalue weighted by Gasteiger charge is 2.18. The number of fused-ring (bicyclic) bond motifs is 1. The molecule has 0 atom stereocenters. The predicted octanol–water partition coefficient (Wildman–Crippen LogP) is 3.59. The summed E-state index contributed by atoms with van der Waals surface area (Å²) in [4.78, 5) is 0. The van der Waals surface area contributed by atoms with Crippen molar-refractivity contribution in [2.24, 2.45) is 0 Å². The minimum Gasteiger partial charge on any atom is -0.0835 e. The zero-order valence-electron chi connectivity index (χ0n) is 8.17. The highest BCUT2D eigenvalue weighted by Crippen LogP contribution is 2.35. The van der Waals surface area contributed by atoms with Gasteiger partial charge in [0, 0.05) is 0 Å². The average molecular weight is 170 g/mol. The number of benzene rings is 1. The molecule has 1 aromatic carbocycles. The molecule has 1 aromatic rings. The average Bonchev–Trinajstić information content (AvgIpc) is 2.55. The maximum Gasteiger partial charge on any atom is -0.00168 e. The van der Waals surface area contributed by atoms with E-state index in [9.17, 15) is 0 Å². The van der Waals surface area contributed by atoms with Gasteiger partial charge in [0.05, 0.1) is 0 Å². The second kappa shape index (κ2) is 3.21. The fourth-order valence-electron chi connectivity index (χ4n) is 2.01. The summed E-state index contributed by atoms with van der Waals surface area (Å²) < 4.78 is 0. The highest BCUT2D eigenvalue weighted by molar-refractivity contribution is 5.85. The van der Waals surface area contributed by atoms with Crippen molar-refractivity contribution in [1.82, 2.24) is 0 Å². The first kappa shape index (κ1) is 8.31. The lowest BCUT2D eigenvalue weighted by molar-refractivity contribution is 1.26. The topological polar surface area (TPSA) is 0 Å². The quantitative estimate of drug-likeness (QED) is 0.558. The Morgan fingerprint density at radius 2 is 1.85 bits per heavy atom. The number of hydrogen-bond donors (Lipinski definition) is 0. The van der Waals surface area contributed by atoms with Crippen LogP contribution in [-0.4, -0.2) is 0 Å². The Morgan fingerprint density at radius 1 is 1.08 bits per heavy atom. The molecule has 0 unspecified atom stereocenters. The monoisotopic (exact) mass is 170 g/mol. The summed E-state index contributed by atoms with van der Waals surface area (Å²) in [5.74, 6) is 0. The Labute approximate surface area is 79.6 Å². The van der Waals surface area contributed by atoms with Crippen molar-refractivity contribution >= 4 is 5.57 Å². The molecule has 0 nitrogen and oxygen atoms in total. The molecule has 0 aliphatic heterocycles. The second-order valence-corrected chi connectivity index (χ2v) is 3.35. The fraction of sp³-hybridized carbons (Fsp3) is 0.231. The van der Waals surface area contributed by atoms with Gasteiger partial charge < -0.3 is 0 Å². The van der Waals surface area contributed by atoms with Crippen LogP contribution in [0.15, 0.2) is 42.0 Å². The van der Waals surface area contributed by atoms with E-state index in [2.05, 4.69) is 50.3 Å². The van der Waals surface area contributed by atoms with E-state index in [1.165, 1.54) is 22.3 Å². The van der Waals surface area contributed by atoms with Gasteiger partial charge in [0.15, 0.2) is 0 Å². The smallest absolute Gasteiger partial charge is 0.00168 e. The van der Waals surface area contributed by atoms with Crippen molar-refractivity contribution in [2.45, 2.75) is 20.3 Å². The molecular weight excluding hydrogens is 156 g/mol. The zero-order valence-corrected chi connectivity index (χ0v) is 8.17. The van der Waals surface area contributed by atoms with Crippen molar-refractivity contribution in [2.75, 3.05) is 0 Å². The van der Waals surface area contributed by atoms with Crippen LogP contribution in [0.4, 0.5) is 0 Å². The molecular formula is C13H14. The molecule has 13 heavy (non-hydrogen) atoms. The van der Waals surface area contributed by atoms with E-state index < -0.39 is 0 Å². The second-order valence-electron chi connectivity index (χ2n) is 3.35. The minimum absolute atomic E-state index is 1.10. The van der Waals surface area contributed by atoms with Crippen molar-refractivity contribution in [3.05, 3.63) is 53.1 Å². The first-order chi connectivity index (χ1) is 6.36. The molecule has 1 aliphatic rings. The van der Waals surface area contributed by atoms with Gasteiger partial charge in [-0.25, -0.2) is 0 Å². The summed E-state index contributed by atoms with van der Waals surface area (Å²) in [6.07, 6.45) is 5.53. The van der Waals surface area contributed by atoms with E-state index in [1.807, 2.05) is 0 Å². The first-order valence-corrected chi connectivity index (χ1v) is 4.77. The van der Waals surface area contributed by atoms with Crippen LogP contribution in [0.1, 0.15) is 25.0 Å². The predicted molar refractivity (Wildman–Crippen MR) is 57.6 cm³/mol. The molecule has 0 amide bonds. The van der Waals surface area contributed by atoms with E-state index in [1.54, 1.807) is 0 Å². The Kier molecular flexibility index (Phi) is 2.05. The van der Waals surface area contributed by atoms with Crippen LogP contribution in [0.3, 0.4) is 0 Å². The highest BCUT2D eigenvalue weighted by atomic mass is 14.2. The van der Waals surface area contributed by atoms with Gasteiger partial charge in [0.2, 0.25) is 0 Å². The molecule has 0 bridgehead atoms. The largest absolute Gasteiger partial charge is 0.0835 e. The van der Waals surface area contributed by atoms with Crippen LogP contribution < -0.4 is 0 Å². The summed E-state index contributed by atoms with van der Waals surface area (Å²) in [5.41, 5.74) is 5.75. The normalized spacial score (nSPS) is 21.1. The molecule has 0 saturated heterocycles. The Morgan fingerprint density at radius 3 is 2.54 bits per heavy atom. The third-order valence-corrected chi connectivity index (χ3v) is 2.67. The van der Waals surface area contributed by atoms with E-state index in [0.29, 0.717) is 0 Å². The van der Waals surface area contributed by atoms with Crippen LogP contribution in [0, 0.1) is 0 Å². The third-order valence-electron chi connectivity index (χ3n) is 2.67. The van der Waals surface area contributed by atoms with Crippen molar-refractivity contribution in [3.63, 3.8) is 0 Å². The van der Waals surface area contributed by atoms with Gasteiger partial charge in [-0.05, 0) is 42.5 Å². The SMILES string of the molecule is CC=C1Cc2ccccc2/C1=C\C. The Bertz CT molecular complexity index is 381. The van der Waals surface area contributed by atoms with Crippen molar-refractivity contribution in [3.8, 4) is 0 Å². The third kappa shape index (κ3) is 1.23. The van der Waals surface area contributed by atoms with Gasteiger partial charge in [-0.3, -0.25) is 0 Å². The lowest BCUT2D eigenvalue weighted by Crippen LogP contribution is -1.78. The van der Waals surface area contributed by atoms with E-state index in [0.717, 1.165) is 6.42 Å². The Hall–Kier alpha value is -1.30. The van der Waals surface area contributed by atoms with Gasteiger partial charge in [-0.15, -0.1) is 0 Å². The molecule has 0 radical (unpaired) electrons. The molecule has 0 heterocycles. The van der Waals surface area contributed by atoms with Crippen molar-refractivity contribution in [1.29, 1.82) is 0 Å². The van der Waals surface area contributed by atoms with E-state index >= 15 is 0 Å². The van der Waals surface area contributed by atoms with Gasteiger partial charge >= 0.3 is 0 Å². The summed E-state index contributed by atoms with van der Waals surface area (Å²) in [5, 5.41) is 0. The van der Waals surface area contributed by atoms with E-state index in [4.69, 9.17) is 0 Å². The molecule has 2 rings (SSSR count). The summed E-state index contributed by atoms with van der Waals surface area (Å²) >= 11 is 0. The van der Waals surface area contributed by atoms with Crippen LogP contribution in [-0.2, 0) is 6.42 Å².